The summed E-state index contributed by atoms with van der Waals surface area (Å²) in [4.78, 5) is 21.1. The molecular weight excluding hydrogens is 388 g/mol. The number of anilines is 1. The van der Waals surface area contributed by atoms with Gasteiger partial charge in [0, 0.05) is 23.4 Å². The Labute approximate surface area is 171 Å². The van der Waals surface area contributed by atoms with Crippen LogP contribution in [0.3, 0.4) is 0 Å². The van der Waals surface area contributed by atoms with Crippen LogP contribution in [0.25, 0.3) is 11.3 Å². The molecule has 29 heavy (non-hydrogen) atoms. The zero-order valence-corrected chi connectivity index (χ0v) is 16.7. The van der Waals surface area contributed by atoms with Gasteiger partial charge in [-0.05, 0) is 31.2 Å². The van der Waals surface area contributed by atoms with Gasteiger partial charge in [-0.25, -0.2) is 4.98 Å². The molecule has 0 saturated carbocycles. The molecule has 0 spiro atoms. The number of benzene rings is 2. The van der Waals surface area contributed by atoms with Crippen molar-refractivity contribution in [1.29, 1.82) is 0 Å². The number of ether oxygens (including phenoxy) is 1. The Balaban J connectivity index is 1.36. The number of rotatable bonds is 6. The number of hydrogen-bond donors (Lipinski definition) is 1. The number of aromatic nitrogens is 3. The number of amides is 1. The van der Waals surface area contributed by atoms with E-state index in [1.54, 1.807) is 31.2 Å². The van der Waals surface area contributed by atoms with Crippen molar-refractivity contribution in [3.8, 4) is 17.0 Å². The quantitative estimate of drug-likeness (QED) is 0.502. The summed E-state index contributed by atoms with van der Waals surface area (Å²) in [5.41, 5.74) is 3.56. The molecular formula is C21H18N4O3S. The highest BCUT2D eigenvalue weighted by atomic mass is 32.1. The molecule has 7 nitrogen and oxygen atoms in total. The fourth-order valence-corrected chi connectivity index (χ4v) is 3.32. The molecule has 0 atom stereocenters. The van der Waals surface area contributed by atoms with Crippen molar-refractivity contribution in [3.05, 3.63) is 76.8 Å². The third kappa shape index (κ3) is 4.67. The Kier molecular flexibility index (Phi) is 5.35. The maximum Gasteiger partial charge on any atom is 0.257 e. The van der Waals surface area contributed by atoms with Crippen molar-refractivity contribution >= 4 is 22.4 Å². The number of nitrogens with zero attached hydrogens (tertiary/aromatic N) is 3. The Morgan fingerprint density at radius 3 is 2.52 bits per heavy atom. The van der Waals surface area contributed by atoms with Crippen LogP contribution in [-0.4, -0.2) is 21.0 Å². The highest BCUT2D eigenvalue weighted by Crippen LogP contribution is 2.25. The molecule has 8 heteroatoms. The van der Waals surface area contributed by atoms with E-state index < -0.39 is 0 Å². The molecule has 0 aliphatic rings. The van der Waals surface area contributed by atoms with Crippen LogP contribution >= 0.6 is 11.3 Å². The minimum absolute atomic E-state index is 0.198. The van der Waals surface area contributed by atoms with E-state index in [-0.39, 0.29) is 12.5 Å². The highest BCUT2D eigenvalue weighted by Gasteiger charge is 2.11. The lowest BCUT2D eigenvalue weighted by Crippen LogP contribution is -2.11. The van der Waals surface area contributed by atoms with Crippen molar-refractivity contribution < 1.29 is 14.1 Å². The van der Waals surface area contributed by atoms with Crippen LogP contribution in [0.5, 0.6) is 5.75 Å². The van der Waals surface area contributed by atoms with Gasteiger partial charge < -0.3 is 9.26 Å². The van der Waals surface area contributed by atoms with Gasteiger partial charge in [0.05, 0.1) is 5.69 Å². The predicted octanol–water partition coefficient (Wildman–Crippen LogP) is 4.64. The van der Waals surface area contributed by atoms with Crippen molar-refractivity contribution in [2.45, 2.75) is 20.5 Å². The molecule has 0 bridgehead atoms. The smallest absolute Gasteiger partial charge is 0.257 e. The number of aryl methyl sites for hydroxylation is 2. The van der Waals surface area contributed by atoms with Gasteiger partial charge in [0.1, 0.15) is 5.75 Å². The van der Waals surface area contributed by atoms with Crippen molar-refractivity contribution in [3.63, 3.8) is 0 Å². The zero-order chi connectivity index (χ0) is 20.2. The molecule has 0 unspecified atom stereocenters. The molecule has 0 aliphatic carbocycles. The van der Waals surface area contributed by atoms with Crippen LogP contribution in [0.2, 0.25) is 0 Å². The molecule has 2 aromatic heterocycles. The van der Waals surface area contributed by atoms with E-state index in [1.165, 1.54) is 16.9 Å². The molecule has 4 aromatic rings. The van der Waals surface area contributed by atoms with Gasteiger partial charge in [-0.2, -0.15) is 4.98 Å². The Morgan fingerprint density at radius 2 is 1.83 bits per heavy atom. The van der Waals surface area contributed by atoms with Crippen molar-refractivity contribution in [2.75, 3.05) is 5.32 Å². The highest BCUT2D eigenvalue weighted by molar-refractivity contribution is 7.14. The minimum atomic E-state index is -0.227. The van der Waals surface area contributed by atoms with Gasteiger partial charge in [-0.1, -0.05) is 35.0 Å². The number of hydrogen-bond acceptors (Lipinski definition) is 7. The van der Waals surface area contributed by atoms with Crippen LogP contribution in [0.4, 0.5) is 5.13 Å². The first-order chi connectivity index (χ1) is 14.1. The molecule has 4 rings (SSSR count). The van der Waals surface area contributed by atoms with E-state index in [2.05, 4.69) is 20.4 Å². The molecule has 0 aliphatic heterocycles. The maximum atomic E-state index is 12.5. The standard InChI is InChI=1S/C21H18N4O3S/c1-13-3-5-15(6-4-13)18-12-29-21(23-18)24-20(26)16-7-9-17(10-8-16)27-11-19-22-14(2)28-25-19/h3-10,12H,11H2,1-2H3,(H,23,24,26). The first-order valence-electron chi connectivity index (χ1n) is 8.93. The van der Waals surface area contributed by atoms with Crippen LogP contribution < -0.4 is 10.1 Å². The Morgan fingerprint density at radius 1 is 1.07 bits per heavy atom. The third-order valence-corrected chi connectivity index (χ3v) is 4.88. The van der Waals surface area contributed by atoms with E-state index in [0.717, 1.165) is 11.3 Å². The topological polar surface area (TPSA) is 90.1 Å². The fraction of sp³-hybridized carbons (Fsp3) is 0.143. The van der Waals surface area contributed by atoms with Gasteiger partial charge in [0.25, 0.3) is 5.91 Å². The number of nitrogens with one attached hydrogen (secondary N) is 1. The summed E-state index contributed by atoms with van der Waals surface area (Å²) in [6.45, 7) is 3.96. The molecule has 0 fully saturated rings. The molecule has 2 heterocycles. The van der Waals surface area contributed by atoms with E-state index >= 15 is 0 Å². The SMILES string of the molecule is Cc1ccc(-c2csc(NC(=O)c3ccc(OCc4noc(C)n4)cc3)n2)cc1. The average molecular weight is 406 g/mol. The summed E-state index contributed by atoms with van der Waals surface area (Å²) in [5, 5.41) is 9.09. The maximum absolute atomic E-state index is 12.5. The van der Waals surface area contributed by atoms with Crippen LogP contribution in [0, 0.1) is 13.8 Å². The molecule has 0 radical (unpaired) electrons. The first kappa shape index (κ1) is 18.8. The summed E-state index contributed by atoms with van der Waals surface area (Å²) in [6.07, 6.45) is 0. The Hall–Kier alpha value is -3.52. The second kappa shape index (κ2) is 8.24. The van der Waals surface area contributed by atoms with Gasteiger partial charge in [-0.15, -0.1) is 11.3 Å². The predicted molar refractivity (Wildman–Crippen MR) is 110 cm³/mol. The van der Waals surface area contributed by atoms with Gasteiger partial charge in [-0.3, -0.25) is 10.1 Å². The average Bonchev–Trinajstić information content (AvgIpc) is 3.36. The lowest BCUT2D eigenvalue weighted by atomic mass is 10.1. The summed E-state index contributed by atoms with van der Waals surface area (Å²) in [5.74, 6) is 1.34. The normalized spacial score (nSPS) is 10.7. The third-order valence-electron chi connectivity index (χ3n) is 4.13. The minimum Gasteiger partial charge on any atom is -0.485 e. The van der Waals surface area contributed by atoms with E-state index in [4.69, 9.17) is 9.26 Å². The summed E-state index contributed by atoms with van der Waals surface area (Å²) >= 11 is 1.39. The molecule has 1 amide bonds. The van der Waals surface area contributed by atoms with Gasteiger partial charge >= 0.3 is 0 Å². The van der Waals surface area contributed by atoms with Gasteiger partial charge in [0.2, 0.25) is 11.7 Å². The second-order valence-corrected chi connectivity index (χ2v) is 7.26. The van der Waals surface area contributed by atoms with Crippen LogP contribution in [0.1, 0.15) is 27.6 Å². The molecule has 0 saturated heterocycles. The van der Waals surface area contributed by atoms with Gasteiger partial charge in [0.15, 0.2) is 11.7 Å². The summed E-state index contributed by atoms with van der Waals surface area (Å²) in [7, 11) is 0. The monoisotopic (exact) mass is 406 g/mol. The summed E-state index contributed by atoms with van der Waals surface area (Å²) in [6, 6.07) is 15.0. The Bertz CT molecular complexity index is 1120. The number of carbonyl (C=O) groups excluding carboxylic acids is 1. The van der Waals surface area contributed by atoms with Crippen molar-refractivity contribution in [1.82, 2.24) is 15.1 Å². The second-order valence-electron chi connectivity index (χ2n) is 6.40. The van der Waals surface area contributed by atoms with E-state index in [0.29, 0.717) is 28.2 Å². The molecule has 146 valence electrons. The molecule has 1 N–H and O–H groups in total. The zero-order valence-electron chi connectivity index (χ0n) is 15.9. The molecule has 2 aromatic carbocycles. The lowest BCUT2D eigenvalue weighted by Gasteiger charge is -2.05. The van der Waals surface area contributed by atoms with E-state index in [1.807, 2.05) is 36.6 Å². The number of thiazole rings is 1. The fourth-order valence-electron chi connectivity index (χ4n) is 2.61. The lowest BCUT2D eigenvalue weighted by molar-refractivity contribution is 0.102. The summed E-state index contributed by atoms with van der Waals surface area (Å²) < 4.78 is 10.5. The number of carbonyl (C=O) groups is 1. The van der Waals surface area contributed by atoms with E-state index in [9.17, 15) is 4.79 Å². The van der Waals surface area contributed by atoms with Crippen LogP contribution in [0.15, 0.2) is 58.4 Å². The van der Waals surface area contributed by atoms with Crippen LogP contribution in [-0.2, 0) is 6.61 Å². The first-order valence-corrected chi connectivity index (χ1v) is 9.81. The van der Waals surface area contributed by atoms with Crippen molar-refractivity contribution in [2.24, 2.45) is 0 Å². The largest absolute Gasteiger partial charge is 0.485 e.